The van der Waals surface area contributed by atoms with E-state index in [2.05, 4.69) is 15.3 Å². The van der Waals surface area contributed by atoms with E-state index in [4.69, 9.17) is 11.6 Å². The zero-order chi connectivity index (χ0) is 12.3. The molecule has 0 atom stereocenters. The first-order valence-corrected chi connectivity index (χ1v) is 5.50. The van der Waals surface area contributed by atoms with Gasteiger partial charge in [-0.25, -0.2) is 14.4 Å². The van der Waals surface area contributed by atoms with E-state index in [9.17, 15) is 4.39 Å². The highest BCUT2D eigenvalue weighted by Gasteiger charge is 2.05. The normalized spacial score (nSPS) is 10.3. The SMILES string of the molecule is CNc1ccnc(Cc2ccc(F)cc2Cl)n1. The lowest BCUT2D eigenvalue weighted by Crippen LogP contribution is -2.00. The van der Waals surface area contributed by atoms with Crippen molar-refractivity contribution in [2.75, 3.05) is 12.4 Å². The van der Waals surface area contributed by atoms with Gasteiger partial charge in [-0.05, 0) is 23.8 Å². The van der Waals surface area contributed by atoms with E-state index in [1.165, 1.54) is 12.1 Å². The van der Waals surface area contributed by atoms with Gasteiger partial charge < -0.3 is 5.32 Å². The van der Waals surface area contributed by atoms with Gasteiger partial charge in [-0.15, -0.1) is 0 Å². The van der Waals surface area contributed by atoms with Crippen molar-refractivity contribution < 1.29 is 4.39 Å². The largest absolute Gasteiger partial charge is 0.373 e. The van der Waals surface area contributed by atoms with Gasteiger partial charge in [-0.3, -0.25) is 0 Å². The second kappa shape index (κ2) is 5.10. The highest BCUT2D eigenvalue weighted by molar-refractivity contribution is 6.31. The lowest BCUT2D eigenvalue weighted by atomic mass is 10.1. The van der Waals surface area contributed by atoms with Crippen LogP contribution in [0.1, 0.15) is 11.4 Å². The van der Waals surface area contributed by atoms with Crippen molar-refractivity contribution in [1.82, 2.24) is 9.97 Å². The number of nitrogens with zero attached hydrogens (tertiary/aromatic N) is 2. The van der Waals surface area contributed by atoms with Gasteiger partial charge in [0.1, 0.15) is 17.5 Å². The Morgan fingerprint density at radius 1 is 1.35 bits per heavy atom. The molecule has 0 aliphatic rings. The van der Waals surface area contributed by atoms with Crippen LogP contribution in [0, 0.1) is 5.82 Å². The quantitative estimate of drug-likeness (QED) is 0.912. The molecular weight excluding hydrogens is 241 g/mol. The summed E-state index contributed by atoms with van der Waals surface area (Å²) in [7, 11) is 1.79. The fourth-order valence-corrected chi connectivity index (χ4v) is 1.69. The minimum atomic E-state index is -0.344. The van der Waals surface area contributed by atoms with Crippen molar-refractivity contribution in [3.05, 3.63) is 52.7 Å². The van der Waals surface area contributed by atoms with Crippen LogP contribution in [0.2, 0.25) is 5.02 Å². The Morgan fingerprint density at radius 3 is 2.88 bits per heavy atom. The molecular formula is C12H11ClFN3. The minimum Gasteiger partial charge on any atom is -0.373 e. The molecule has 0 fully saturated rings. The molecule has 88 valence electrons. The van der Waals surface area contributed by atoms with Crippen LogP contribution in [-0.4, -0.2) is 17.0 Å². The minimum absolute atomic E-state index is 0.344. The van der Waals surface area contributed by atoms with Crippen LogP contribution < -0.4 is 5.32 Å². The maximum absolute atomic E-state index is 12.9. The zero-order valence-corrected chi connectivity index (χ0v) is 10.0. The molecule has 0 aliphatic heterocycles. The first-order valence-electron chi connectivity index (χ1n) is 5.12. The van der Waals surface area contributed by atoms with Crippen molar-refractivity contribution in [2.24, 2.45) is 0 Å². The second-order valence-electron chi connectivity index (χ2n) is 3.52. The average Bonchev–Trinajstić information content (AvgIpc) is 2.33. The van der Waals surface area contributed by atoms with E-state index in [1.807, 2.05) is 0 Å². The molecule has 0 saturated carbocycles. The summed E-state index contributed by atoms with van der Waals surface area (Å²) in [6.45, 7) is 0. The molecule has 1 aromatic carbocycles. The Balaban J connectivity index is 2.25. The number of nitrogens with one attached hydrogen (secondary N) is 1. The molecule has 5 heteroatoms. The topological polar surface area (TPSA) is 37.8 Å². The highest BCUT2D eigenvalue weighted by atomic mass is 35.5. The number of halogens is 2. The summed E-state index contributed by atoms with van der Waals surface area (Å²) >= 11 is 5.94. The lowest BCUT2D eigenvalue weighted by Gasteiger charge is -2.05. The molecule has 1 aromatic heterocycles. The molecule has 2 rings (SSSR count). The molecule has 17 heavy (non-hydrogen) atoms. The Morgan fingerprint density at radius 2 is 2.18 bits per heavy atom. The van der Waals surface area contributed by atoms with Crippen molar-refractivity contribution in [3.63, 3.8) is 0 Å². The summed E-state index contributed by atoms with van der Waals surface area (Å²) < 4.78 is 12.9. The molecule has 0 saturated heterocycles. The predicted molar refractivity (Wildman–Crippen MR) is 65.8 cm³/mol. The van der Waals surface area contributed by atoms with Gasteiger partial charge in [0.2, 0.25) is 0 Å². The molecule has 1 N–H and O–H groups in total. The third-order valence-electron chi connectivity index (χ3n) is 2.33. The van der Waals surface area contributed by atoms with Crippen LogP contribution >= 0.6 is 11.6 Å². The van der Waals surface area contributed by atoms with Gasteiger partial charge in [-0.2, -0.15) is 0 Å². The number of hydrogen-bond donors (Lipinski definition) is 1. The number of hydrogen-bond acceptors (Lipinski definition) is 3. The van der Waals surface area contributed by atoms with E-state index >= 15 is 0 Å². The summed E-state index contributed by atoms with van der Waals surface area (Å²) in [5.41, 5.74) is 0.807. The van der Waals surface area contributed by atoms with Crippen molar-refractivity contribution in [2.45, 2.75) is 6.42 Å². The van der Waals surface area contributed by atoms with Crippen LogP contribution in [0.15, 0.2) is 30.5 Å². The van der Waals surface area contributed by atoms with Crippen molar-refractivity contribution in [1.29, 1.82) is 0 Å². The fourth-order valence-electron chi connectivity index (χ4n) is 1.46. The molecule has 3 nitrogen and oxygen atoms in total. The van der Waals surface area contributed by atoms with Crippen LogP contribution in [0.3, 0.4) is 0 Å². The van der Waals surface area contributed by atoms with Gasteiger partial charge in [0.15, 0.2) is 0 Å². The van der Waals surface area contributed by atoms with Gasteiger partial charge >= 0.3 is 0 Å². The zero-order valence-electron chi connectivity index (χ0n) is 9.24. The first kappa shape index (κ1) is 11.8. The predicted octanol–water partition coefficient (Wildman–Crippen LogP) is 2.90. The molecule has 0 radical (unpaired) electrons. The lowest BCUT2D eigenvalue weighted by molar-refractivity contribution is 0.627. The Kier molecular flexibility index (Phi) is 3.54. The Hall–Kier alpha value is -1.68. The summed E-state index contributed by atoms with van der Waals surface area (Å²) in [4.78, 5) is 8.42. The molecule has 2 aromatic rings. The number of aromatic nitrogens is 2. The van der Waals surface area contributed by atoms with E-state index in [0.717, 1.165) is 11.4 Å². The molecule has 0 unspecified atom stereocenters. The van der Waals surface area contributed by atoms with Gasteiger partial charge in [-0.1, -0.05) is 17.7 Å². The maximum atomic E-state index is 12.9. The number of benzene rings is 1. The fraction of sp³-hybridized carbons (Fsp3) is 0.167. The number of rotatable bonds is 3. The highest BCUT2D eigenvalue weighted by Crippen LogP contribution is 2.19. The number of anilines is 1. The summed E-state index contributed by atoms with van der Waals surface area (Å²) in [6.07, 6.45) is 2.15. The van der Waals surface area contributed by atoms with Crippen molar-refractivity contribution in [3.8, 4) is 0 Å². The van der Waals surface area contributed by atoms with Crippen LogP contribution in [-0.2, 0) is 6.42 Å². The molecule has 1 heterocycles. The Labute approximate surface area is 104 Å². The van der Waals surface area contributed by atoms with E-state index in [0.29, 0.717) is 17.3 Å². The summed E-state index contributed by atoms with van der Waals surface area (Å²) in [5, 5.41) is 3.32. The summed E-state index contributed by atoms with van der Waals surface area (Å²) in [6, 6.07) is 6.09. The third-order valence-corrected chi connectivity index (χ3v) is 2.68. The van der Waals surface area contributed by atoms with Crippen LogP contribution in [0.5, 0.6) is 0 Å². The molecule has 0 amide bonds. The molecule has 0 bridgehead atoms. The van der Waals surface area contributed by atoms with Crippen molar-refractivity contribution >= 4 is 17.4 Å². The first-order chi connectivity index (χ1) is 8.19. The van der Waals surface area contributed by atoms with Crippen LogP contribution in [0.25, 0.3) is 0 Å². The standard InChI is InChI=1S/C12H11ClFN3/c1-15-11-4-5-16-12(17-11)6-8-2-3-9(14)7-10(8)13/h2-5,7H,6H2,1H3,(H,15,16,17). The van der Waals surface area contributed by atoms with E-state index < -0.39 is 0 Å². The molecule has 0 aliphatic carbocycles. The smallest absolute Gasteiger partial charge is 0.135 e. The van der Waals surface area contributed by atoms with E-state index in [1.54, 1.807) is 25.4 Å². The average molecular weight is 252 g/mol. The third kappa shape index (κ3) is 2.91. The summed E-state index contributed by atoms with van der Waals surface area (Å²) in [5.74, 6) is 1.04. The molecule has 0 spiro atoms. The van der Waals surface area contributed by atoms with E-state index in [-0.39, 0.29) is 5.82 Å². The van der Waals surface area contributed by atoms with Gasteiger partial charge in [0.25, 0.3) is 0 Å². The maximum Gasteiger partial charge on any atom is 0.135 e. The second-order valence-corrected chi connectivity index (χ2v) is 3.93. The van der Waals surface area contributed by atoms with Gasteiger partial charge in [0, 0.05) is 24.7 Å². The van der Waals surface area contributed by atoms with Crippen LogP contribution in [0.4, 0.5) is 10.2 Å². The monoisotopic (exact) mass is 251 g/mol. The van der Waals surface area contributed by atoms with Gasteiger partial charge in [0.05, 0.1) is 0 Å². The Bertz CT molecular complexity index is 531.